The van der Waals surface area contributed by atoms with Crippen LogP contribution < -0.4 is 0 Å². The van der Waals surface area contributed by atoms with Crippen LogP contribution >= 0.6 is 0 Å². The van der Waals surface area contributed by atoms with Crippen LogP contribution in [0, 0.1) is 11.8 Å². The van der Waals surface area contributed by atoms with Crippen molar-refractivity contribution in [3.63, 3.8) is 0 Å². The van der Waals surface area contributed by atoms with Crippen molar-refractivity contribution in [3.8, 4) is 0 Å². The highest BCUT2D eigenvalue weighted by atomic mass is 16.5. The van der Waals surface area contributed by atoms with Crippen LogP contribution in [0.5, 0.6) is 0 Å². The third kappa shape index (κ3) is 23.0. The number of hydrogen-bond acceptors (Lipinski definition) is 2. The Balaban J connectivity index is 3.80. The second kappa shape index (κ2) is 26.1. The molecule has 2 heteroatoms. The molecule has 0 aromatic rings. The van der Waals surface area contributed by atoms with E-state index in [0.29, 0.717) is 12.5 Å². The quantitative estimate of drug-likeness (QED) is 0.0935. The fourth-order valence-electron chi connectivity index (χ4n) is 4.78. The molecule has 0 saturated carbocycles. The lowest BCUT2D eigenvalue weighted by Gasteiger charge is -2.19. The second-order valence-corrected chi connectivity index (χ2v) is 10.8. The summed E-state index contributed by atoms with van der Waals surface area (Å²) in [7, 11) is 0. The summed E-state index contributed by atoms with van der Waals surface area (Å²) in [4.78, 5) is 12.5. The van der Waals surface area contributed by atoms with E-state index in [1.165, 1.54) is 141 Å². The highest BCUT2D eigenvalue weighted by Crippen LogP contribution is 2.20. The van der Waals surface area contributed by atoms with E-state index in [2.05, 4.69) is 27.7 Å². The van der Waals surface area contributed by atoms with E-state index in [-0.39, 0.29) is 11.9 Å². The molecule has 198 valence electrons. The van der Waals surface area contributed by atoms with Gasteiger partial charge in [0.05, 0.1) is 12.5 Å². The van der Waals surface area contributed by atoms with Gasteiger partial charge >= 0.3 is 5.97 Å². The van der Waals surface area contributed by atoms with Crippen LogP contribution in [0.2, 0.25) is 0 Å². The molecular weight excluding hydrogens is 404 g/mol. The van der Waals surface area contributed by atoms with Gasteiger partial charge in [-0.1, -0.05) is 156 Å². The van der Waals surface area contributed by atoms with Gasteiger partial charge in [-0.2, -0.15) is 0 Å². The van der Waals surface area contributed by atoms with Crippen molar-refractivity contribution in [1.82, 2.24) is 0 Å². The number of rotatable bonds is 26. The summed E-state index contributed by atoms with van der Waals surface area (Å²) in [6.07, 6.45) is 30.3. The van der Waals surface area contributed by atoms with E-state index in [0.717, 1.165) is 6.42 Å². The zero-order valence-corrected chi connectivity index (χ0v) is 23.4. The highest BCUT2D eigenvalue weighted by Gasteiger charge is 2.17. The van der Waals surface area contributed by atoms with Gasteiger partial charge in [-0.15, -0.1) is 0 Å². The van der Waals surface area contributed by atoms with Gasteiger partial charge in [0.25, 0.3) is 0 Å². The van der Waals surface area contributed by atoms with E-state index in [1.807, 2.05) is 0 Å². The predicted molar refractivity (Wildman–Crippen MR) is 147 cm³/mol. The van der Waals surface area contributed by atoms with Crippen molar-refractivity contribution in [2.45, 2.75) is 175 Å². The first-order valence-electron chi connectivity index (χ1n) is 15.3. The molecule has 0 aromatic heterocycles. The maximum absolute atomic E-state index is 12.5. The maximum Gasteiger partial charge on any atom is 0.308 e. The molecule has 0 bridgehead atoms. The van der Waals surface area contributed by atoms with E-state index in [1.54, 1.807) is 0 Å². The topological polar surface area (TPSA) is 26.3 Å². The van der Waals surface area contributed by atoms with Crippen LogP contribution in [-0.4, -0.2) is 12.6 Å². The van der Waals surface area contributed by atoms with Crippen molar-refractivity contribution < 1.29 is 9.53 Å². The Hall–Kier alpha value is -0.530. The lowest BCUT2D eigenvalue weighted by atomic mass is 9.95. The van der Waals surface area contributed by atoms with Crippen molar-refractivity contribution >= 4 is 5.97 Å². The Labute approximate surface area is 209 Å². The van der Waals surface area contributed by atoms with Gasteiger partial charge in [-0.25, -0.2) is 0 Å². The molecule has 0 aliphatic carbocycles. The molecule has 0 N–H and O–H groups in total. The monoisotopic (exact) mass is 466 g/mol. The predicted octanol–water partition coefficient (Wildman–Crippen LogP) is 10.8. The molecule has 0 amide bonds. The van der Waals surface area contributed by atoms with Gasteiger partial charge < -0.3 is 4.74 Å². The van der Waals surface area contributed by atoms with Crippen LogP contribution in [0.15, 0.2) is 0 Å². The van der Waals surface area contributed by atoms with Crippen LogP contribution in [0.3, 0.4) is 0 Å². The minimum atomic E-state index is 0.0459. The molecule has 0 fully saturated rings. The molecule has 0 spiro atoms. The van der Waals surface area contributed by atoms with Crippen molar-refractivity contribution in [3.05, 3.63) is 0 Å². The number of carbonyl (C=O) groups excluding carboxylic acids is 1. The minimum absolute atomic E-state index is 0.0459. The van der Waals surface area contributed by atoms with E-state index in [9.17, 15) is 4.79 Å². The molecule has 2 atom stereocenters. The van der Waals surface area contributed by atoms with Gasteiger partial charge in [0.2, 0.25) is 0 Å². The normalized spacial score (nSPS) is 13.2. The summed E-state index contributed by atoms with van der Waals surface area (Å²) in [6, 6.07) is 0. The zero-order chi connectivity index (χ0) is 24.4. The molecule has 0 heterocycles. The first-order chi connectivity index (χ1) is 16.2. The summed E-state index contributed by atoms with van der Waals surface area (Å²) in [6.45, 7) is 9.53. The number of ether oxygens (including phenoxy) is 1. The third-order valence-electron chi connectivity index (χ3n) is 7.29. The Morgan fingerprint density at radius 2 is 0.848 bits per heavy atom. The van der Waals surface area contributed by atoms with Gasteiger partial charge in [0, 0.05) is 0 Å². The molecule has 33 heavy (non-hydrogen) atoms. The lowest BCUT2D eigenvalue weighted by molar-refractivity contribution is -0.149. The molecule has 0 saturated heterocycles. The Morgan fingerprint density at radius 3 is 1.30 bits per heavy atom. The Morgan fingerprint density at radius 1 is 0.515 bits per heavy atom. The van der Waals surface area contributed by atoms with Gasteiger partial charge in [-0.3, -0.25) is 4.79 Å². The van der Waals surface area contributed by atoms with Crippen molar-refractivity contribution in [2.75, 3.05) is 6.61 Å². The average Bonchev–Trinajstić information content (AvgIpc) is 2.82. The summed E-state index contributed by atoms with van der Waals surface area (Å²) in [5.74, 6) is 0.680. The fraction of sp³-hybridized carbons (Fsp3) is 0.968. The SMILES string of the molecule is CCCCCCCCCCCCCCC(C)C(=O)OCC(CCCCC)CCCCCCC. The number of carbonyl (C=O) groups is 1. The summed E-state index contributed by atoms with van der Waals surface area (Å²) >= 11 is 0. The summed E-state index contributed by atoms with van der Waals surface area (Å²) < 4.78 is 5.79. The average molecular weight is 467 g/mol. The second-order valence-electron chi connectivity index (χ2n) is 10.8. The molecule has 2 nitrogen and oxygen atoms in total. The molecule has 0 aromatic carbocycles. The fourth-order valence-corrected chi connectivity index (χ4v) is 4.78. The Bertz CT molecular complexity index is 392. The number of hydrogen-bond donors (Lipinski definition) is 0. The van der Waals surface area contributed by atoms with E-state index in [4.69, 9.17) is 4.74 Å². The molecule has 0 radical (unpaired) electrons. The minimum Gasteiger partial charge on any atom is -0.465 e. The summed E-state index contributed by atoms with van der Waals surface area (Å²) in [5.41, 5.74) is 0. The molecule has 0 aliphatic heterocycles. The van der Waals surface area contributed by atoms with Crippen molar-refractivity contribution in [2.24, 2.45) is 11.8 Å². The lowest BCUT2D eigenvalue weighted by Crippen LogP contribution is -2.19. The van der Waals surface area contributed by atoms with Gasteiger partial charge in [-0.05, 0) is 25.2 Å². The summed E-state index contributed by atoms with van der Waals surface area (Å²) in [5, 5.41) is 0. The highest BCUT2D eigenvalue weighted by molar-refractivity contribution is 5.71. The van der Waals surface area contributed by atoms with E-state index < -0.39 is 0 Å². The number of unbranched alkanes of at least 4 members (excludes halogenated alkanes) is 17. The smallest absolute Gasteiger partial charge is 0.308 e. The molecule has 0 rings (SSSR count). The zero-order valence-electron chi connectivity index (χ0n) is 23.4. The van der Waals surface area contributed by atoms with Crippen molar-refractivity contribution in [1.29, 1.82) is 0 Å². The van der Waals surface area contributed by atoms with Crippen LogP contribution in [0.25, 0.3) is 0 Å². The van der Waals surface area contributed by atoms with Gasteiger partial charge in [0.15, 0.2) is 0 Å². The first-order valence-corrected chi connectivity index (χ1v) is 15.3. The van der Waals surface area contributed by atoms with Crippen LogP contribution in [-0.2, 0) is 9.53 Å². The standard InChI is InChI=1S/C31H62O2/c1-5-8-11-13-14-15-16-17-18-19-21-23-25-29(4)31(32)33-28-30(26-22-10-7-3)27-24-20-12-9-6-2/h29-30H,5-28H2,1-4H3. The maximum atomic E-state index is 12.5. The van der Waals surface area contributed by atoms with Gasteiger partial charge in [0.1, 0.15) is 0 Å². The molecular formula is C31H62O2. The third-order valence-corrected chi connectivity index (χ3v) is 7.29. The Kier molecular flexibility index (Phi) is 25.7. The molecule has 2 unspecified atom stereocenters. The largest absolute Gasteiger partial charge is 0.465 e. The van der Waals surface area contributed by atoms with E-state index >= 15 is 0 Å². The number of esters is 1. The molecule has 0 aliphatic rings. The first kappa shape index (κ1) is 32.5. The van der Waals surface area contributed by atoms with Crippen LogP contribution in [0.4, 0.5) is 0 Å². The van der Waals surface area contributed by atoms with Crippen LogP contribution in [0.1, 0.15) is 175 Å².